The summed E-state index contributed by atoms with van der Waals surface area (Å²) in [5, 5.41) is 9.53. The zero-order chi connectivity index (χ0) is 29.6. The molecule has 1 unspecified atom stereocenters. The number of nitrogens with one attached hydrogen (secondary N) is 3. The van der Waals surface area contributed by atoms with Crippen molar-refractivity contribution >= 4 is 56.7 Å². The maximum atomic E-state index is 13.4. The molecule has 1 aromatic rings. The van der Waals surface area contributed by atoms with Gasteiger partial charge >= 0.3 is 0 Å². The Balaban J connectivity index is 1.56. The van der Waals surface area contributed by atoms with Gasteiger partial charge in [-0.05, 0) is 42.9 Å². The maximum absolute atomic E-state index is 13.4. The molecular formula is C29H43ClN4O5S2. The maximum Gasteiger partial charge on any atom is 0.289 e. The average molecular weight is 627 g/mol. The molecule has 2 aliphatic rings. The number of benzene rings is 1. The van der Waals surface area contributed by atoms with E-state index in [1.54, 1.807) is 24.3 Å². The summed E-state index contributed by atoms with van der Waals surface area (Å²) in [6, 6.07) is 5.00. The van der Waals surface area contributed by atoms with Gasteiger partial charge in [0.1, 0.15) is 12.1 Å². The topological polar surface area (TPSA) is 117 Å². The Bertz CT molecular complexity index is 1000. The van der Waals surface area contributed by atoms with Crippen LogP contribution in [0, 0.1) is 5.92 Å². The van der Waals surface area contributed by atoms with Gasteiger partial charge in [0.25, 0.3) is 5.91 Å². The van der Waals surface area contributed by atoms with Crippen LogP contribution in [-0.4, -0.2) is 90.9 Å². The highest BCUT2D eigenvalue weighted by Crippen LogP contribution is 2.39. The monoisotopic (exact) mass is 626 g/mol. The number of carbonyl (C=O) groups excluding carboxylic acids is 4. The molecule has 0 aliphatic carbocycles. The number of unbranched alkanes of at least 4 members (excludes halogenated alkanes) is 1. The third kappa shape index (κ3) is 12.2. The first-order chi connectivity index (χ1) is 19.7. The number of carbonyl (C=O) groups is 4. The molecule has 0 bridgehead atoms. The van der Waals surface area contributed by atoms with Crippen molar-refractivity contribution < 1.29 is 23.9 Å². The lowest BCUT2D eigenvalue weighted by molar-refractivity contribution is -0.140. The zero-order valence-electron chi connectivity index (χ0n) is 24.0. The molecule has 1 aromatic carbocycles. The smallest absolute Gasteiger partial charge is 0.289 e. The molecule has 3 amide bonds. The number of nitrogens with zero attached hydrogens (tertiary/aromatic N) is 1. The lowest BCUT2D eigenvalue weighted by atomic mass is 9.98. The minimum Gasteiger partial charge on any atom is -0.379 e. The van der Waals surface area contributed by atoms with E-state index in [4.69, 9.17) is 16.3 Å². The number of rotatable bonds is 16. The van der Waals surface area contributed by atoms with Gasteiger partial charge in [-0.3, -0.25) is 24.1 Å². The van der Waals surface area contributed by atoms with Crippen LogP contribution < -0.4 is 16.0 Å². The van der Waals surface area contributed by atoms with Gasteiger partial charge in [0.05, 0.1) is 13.2 Å². The van der Waals surface area contributed by atoms with Crippen LogP contribution in [0.15, 0.2) is 24.3 Å². The van der Waals surface area contributed by atoms with Crippen LogP contribution in [0.3, 0.4) is 0 Å². The molecule has 0 aromatic heterocycles. The van der Waals surface area contributed by atoms with Crippen molar-refractivity contribution in [3.63, 3.8) is 0 Å². The normalized spacial score (nSPS) is 19.0. The summed E-state index contributed by atoms with van der Waals surface area (Å²) >= 11 is 6.02. The molecule has 0 saturated carbocycles. The Morgan fingerprint density at radius 2 is 1.80 bits per heavy atom. The van der Waals surface area contributed by atoms with Gasteiger partial charge in [-0.25, -0.2) is 0 Å². The molecule has 2 saturated heterocycles. The first-order valence-electron chi connectivity index (χ1n) is 14.5. The van der Waals surface area contributed by atoms with Crippen molar-refractivity contribution in [2.45, 2.75) is 69.7 Å². The summed E-state index contributed by atoms with van der Waals surface area (Å²) in [6.45, 7) is 7.45. The van der Waals surface area contributed by atoms with Crippen molar-refractivity contribution in [2.24, 2.45) is 5.92 Å². The van der Waals surface area contributed by atoms with Crippen LogP contribution in [0.25, 0.3) is 0 Å². The largest absolute Gasteiger partial charge is 0.379 e. The van der Waals surface area contributed by atoms with Gasteiger partial charge in [0.15, 0.2) is 0 Å². The number of hydrogen-bond donors (Lipinski definition) is 3. The third-order valence-electron chi connectivity index (χ3n) is 7.20. The molecule has 3 N–H and O–H groups in total. The molecule has 2 heterocycles. The van der Waals surface area contributed by atoms with Crippen LogP contribution in [0.4, 0.5) is 0 Å². The Morgan fingerprint density at radius 3 is 2.46 bits per heavy atom. The number of ketones is 1. The minimum absolute atomic E-state index is 0.120. The second-order valence-electron chi connectivity index (χ2n) is 10.8. The predicted octanol–water partition coefficient (Wildman–Crippen LogP) is 3.24. The Hall–Kier alpha value is -1.79. The first kappa shape index (κ1) is 33.7. The van der Waals surface area contributed by atoms with E-state index in [1.807, 2.05) is 35.4 Å². The summed E-state index contributed by atoms with van der Waals surface area (Å²) in [6.07, 6.45) is 4.53. The SMILES string of the molecule is CC(C)[C@H](NC(=O)CCCCC1CCSS1)C(=O)N[C@@H](Cc1ccc(Cl)cc1)C(=O)C(=O)NCCN1CCOCC1. The number of Topliss-reactive ketones (excluding diaryl/α,β-unsaturated/α-hetero) is 1. The van der Waals surface area contributed by atoms with E-state index in [1.165, 1.54) is 12.2 Å². The van der Waals surface area contributed by atoms with Gasteiger partial charge in [-0.15, -0.1) is 0 Å². The van der Waals surface area contributed by atoms with E-state index in [0.29, 0.717) is 43.0 Å². The van der Waals surface area contributed by atoms with Gasteiger partial charge < -0.3 is 20.7 Å². The van der Waals surface area contributed by atoms with E-state index in [-0.39, 0.29) is 18.2 Å². The van der Waals surface area contributed by atoms with E-state index in [2.05, 4.69) is 20.9 Å². The third-order valence-corrected chi connectivity index (χ3v) is 10.5. The lowest BCUT2D eigenvalue weighted by Crippen LogP contribution is -2.56. The zero-order valence-corrected chi connectivity index (χ0v) is 26.4. The molecule has 41 heavy (non-hydrogen) atoms. The number of morpholine rings is 1. The van der Waals surface area contributed by atoms with Crippen LogP contribution in [0.5, 0.6) is 0 Å². The molecule has 2 aliphatic heterocycles. The standard InChI is InChI=1S/C29H43ClN4O5S2/c1-20(2)26(33-25(35)6-4-3-5-23-11-18-40-41-23)28(37)32-24(19-21-7-9-22(30)10-8-21)27(36)29(38)31-12-13-34-14-16-39-17-15-34/h7-10,20,23-24,26H,3-6,11-19H2,1-2H3,(H,31,38)(H,32,37)(H,33,35)/t23?,24-,26-/m0/s1. The molecule has 228 valence electrons. The molecule has 0 radical (unpaired) electrons. The minimum atomic E-state index is -1.09. The van der Waals surface area contributed by atoms with Gasteiger partial charge in [-0.2, -0.15) is 0 Å². The van der Waals surface area contributed by atoms with E-state index < -0.39 is 29.7 Å². The van der Waals surface area contributed by atoms with Gasteiger partial charge in [0.2, 0.25) is 17.6 Å². The fourth-order valence-corrected chi connectivity index (χ4v) is 7.88. The van der Waals surface area contributed by atoms with Crippen molar-refractivity contribution in [1.82, 2.24) is 20.9 Å². The molecule has 12 heteroatoms. The summed E-state index contributed by atoms with van der Waals surface area (Å²) < 4.78 is 5.34. The fraction of sp³-hybridized carbons (Fsp3) is 0.655. The second kappa shape index (κ2) is 18.0. The Morgan fingerprint density at radius 1 is 1.07 bits per heavy atom. The first-order valence-corrected chi connectivity index (χ1v) is 17.2. The number of amides is 3. The van der Waals surface area contributed by atoms with Gasteiger partial charge in [0, 0.05) is 55.0 Å². The quantitative estimate of drug-likeness (QED) is 0.146. The van der Waals surface area contributed by atoms with Crippen LogP contribution >= 0.6 is 33.2 Å². The number of hydrogen-bond acceptors (Lipinski definition) is 8. The molecule has 0 spiro atoms. The Labute approximate surface area is 256 Å². The lowest BCUT2D eigenvalue weighted by Gasteiger charge is -2.27. The van der Waals surface area contributed by atoms with Crippen molar-refractivity contribution in [3.05, 3.63) is 34.9 Å². The summed E-state index contributed by atoms with van der Waals surface area (Å²) in [4.78, 5) is 54.3. The number of ether oxygens (including phenoxy) is 1. The second-order valence-corrected chi connectivity index (χ2v) is 14.1. The molecule has 2 fully saturated rings. The molecule has 9 nitrogen and oxygen atoms in total. The van der Waals surface area contributed by atoms with E-state index >= 15 is 0 Å². The van der Waals surface area contributed by atoms with Crippen molar-refractivity contribution in [2.75, 3.05) is 45.1 Å². The van der Waals surface area contributed by atoms with Crippen LogP contribution in [0.1, 0.15) is 51.5 Å². The van der Waals surface area contributed by atoms with E-state index in [9.17, 15) is 19.2 Å². The van der Waals surface area contributed by atoms with Crippen LogP contribution in [0.2, 0.25) is 5.02 Å². The highest BCUT2D eigenvalue weighted by molar-refractivity contribution is 8.77. The highest BCUT2D eigenvalue weighted by atomic mass is 35.5. The fourth-order valence-electron chi connectivity index (χ4n) is 4.73. The number of halogens is 1. The van der Waals surface area contributed by atoms with E-state index in [0.717, 1.165) is 37.9 Å². The highest BCUT2D eigenvalue weighted by Gasteiger charge is 2.31. The molecular weight excluding hydrogens is 584 g/mol. The summed E-state index contributed by atoms with van der Waals surface area (Å²) in [5.41, 5.74) is 0.748. The predicted molar refractivity (Wildman–Crippen MR) is 166 cm³/mol. The summed E-state index contributed by atoms with van der Waals surface area (Å²) in [5.74, 6) is -1.17. The van der Waals surface area contributed by atoms with Crippen molar-refractivity contribution in [3.8, 4) is 0 Å². The van der Waals surface area contributed by atoms with Gasteiger partial charge in [-0.1, -0.05) is 65.6 Å². The molecule has 3 atom stereocenters. The average Bonchev–Trinajstić information content (AvgIpc) is 3.48. The van der Waals surface area contributed by atoms with Crippen molar-refractivity contribution in [1.29, 1.82) is 0 Å². The molecule has 3 rings (SSSR count). The Kier molecular flexibility index (Phi) is 14.8. The summed E-state index contributed by atoms with van der Waals surface area (Å²) in [7, 11) is 3.85. The van der Waals surface area contributed by atoms with Crippen LogP contribution in [-0.2, 0) is 30.3 Å².